The van der Waals surface area contributed by atoms with Gasteiger partial charge in [-0.3, -0.25) is 0 Å². The second-order valence-corrected chi connectivity index (χ2v) is 11.2. The molecule has 1 saturated heterocycles. The highest BCUT2D eigenvalue weighted by Gasteiger charge is 2.30. The monoisotopic (exact) mass is 424 g/mol. The molecule has 1 aliphatic heterocycles. The molecule has 0 aromatic carbocycles. The van der Waals surface area contributed by atoms with Crippen molar-refractivity contribution in [3.8, 4) is 0 Å². The Morgan fingerprint density at radius 1 is 1.24 bits per heavy atom. The van der Waals surface area contributed by atoms with Gasteiger partial charge in [0.2, 0.25) is 15.0 Å². The summed E-state index contributed by atoms with van der Waals surface area (Å²) >= 11 is 0. The first kappa shape index (κ1) is 22.8. The number of sulfone groups is 1. The van der Waals surface area contributed by atoms with E-state index in [0.717, 1.165) is 63.9 Å². The highest BCUT2D eigenvalue weighted by Crippen LogP contribution is 2.30. The topological polar surface area (TPSA) is 58.4 Å². The van der Waals surface area contributed by atoms with Gasteiger partial charge in [0.1, 0.15) is 0 Å². The average molecular weight is 425 g/mol. The maximum atomic E-state index is 13.0. The minimum absolute atomic E-state index is 0.263. The van der Waals surface area contributed by atoms with E-state index in [9.17, 15) is 8.42 Å². The highest BCUT2D eigenvalue weighted by molar-refractivity contribution is 7.91. The van der Waals surface area contributed by atoms with E-state index >= 15 is 0 Å². The number of aromatic nitrogens is 2. The lowest BCUT2D eigenvalue weighted by atomic mass is 9.87. The van der Waals surface area contributed by atoms with Crippen molar-refractivity contribution in [2.45, 2.75) is 89.5 Å². The van der Waals surface area contributed by atoms with Gasteiger partial charge in [0.05, 0.1) is 17.6 Å². The summed E-state index contributed by atoms with van der Waals surface area (Å²) in [5.74, 6) is 0.591. The molecule has 0 radical (unpaired) electrons. The zero-order valence-electron chi connectivity index (χ0n) is 18.6. The zero-order chi connectivity index (χ0) is 20.9. The molecule has 0 spiro atoms. The highest BCUT2D eigenvalue weighted by atomic mass is 32.2. The molecule has 7 heteroatoms. The van der Waals surface area contributed by atoms with Crippen LogP contribution in [-0.2, 0) is 22.9 Å². The summed E-state index contributed by atoms with van der Waals surface area (Å²) in [6.07, 6.45) is 10.9. The molecule has 0 N–H and O–H groups in total. The minimum atomic E-state index is -3.31. The Morgan fingerprint density at radius 2 is 1.97 bits per heavy atom. The first-order valence-corrected chi connectivity index (χ1v) is 13.3. The average Bonchev–Trinajstić information content (AvgIpc) is 3.32. The Bertz CT molecular complexity index is 736. The summed E-state index contributed by atoms with van der Waals surface area (Å²) in [4.78, 5) is 9.31. The largest absolute Gasteiger partial charge is 0.318 e. The van der Waals surface area contributed by atoms with E-state index < -0.39 is 9.84 Å². The number of likely N-dealkylation sites (tertiary alicyclic amines) is 1. The molecule has 3 rings (SSSR count). The van der Waals surface area contributed by atoms with E-state index in [0.29, 0.717) is 17.1 Å². The normalized spacial score (nSPS) is 19.7. The fourth-order valence-corrected chi connectivity index (χ4v) is 6.35. The molecular formula is C22H40N4O2S. The fourth-order valence-electron chi connectivity index (χ4n) is 4.49. The molecule has 0 bridgehead atoms. The lowest BCUT2D eigenvalue weighted by Gasteiger charge is -2.26. The standard InChI is InChI=1S/C22H40N4O2S/c1-4-5-14-26-21(16-23-22(26)29(27,28)18-20-9-8-10-20)17-24(3)15-11-19(2)25-12-6-7-13-25/h16,19-20H,4-15,17-18H2,1-3H3. The Hall–Kier alpha value is -0.920. The molecule has 1 unspecified atom stereocenters. The van der Waals surface area contributed by atoms with E-state index in [1.165, 1.54) is 25.9 Å². The molecular weight excluding hydrogens is 384 g/mol. The van der Waals surface area contributed by atoms with Gasteiger partial charge >= 0.3 is 0 Å². The van der Waals surface area contributed by atoms with Crippen molar-refractivity contribution in [3.63, 3.8) is 0 Å². The van der Waals surface area contributed by atoms with Gasteiger partial charge in [-0.05, 0) is 78.0 Å². The quantitative estimate of drug-likeness (QED) is 0.513. The third kappa shape index (κ3) is 6.05. The van der Waals surface area contributed by atoms with Crippen LogP contribution in [-0.4, -0.2) is 66.2 Å². The van der Waals surface area contributed by atoms with Gasteiger partial charge in [-0.1, -0.05) is 19.8 Å². The third-order valence-electron chi connectivity index (χ3n) is 6.72. The maximum absolute atomic E-state index is 13.0. The smallest absolute Gasteiger partial charge is 0.227 e. The van der Waals surface area contributed by atoms with Crippen molar-refractivity contribution >= 4 is 9.84 Å². The van der Waals surface area contributed by atoms with Crippen LogP contribution in [0, 0.1) is 5.92 Å². The van der Waals surface area contributed by atoms with Gasteiger partial charge in [0, 0.05) is 19.1 Å². The van der Waals surface area contributed by atoms with E-state index in [2.05, 4.69) is 35.7 Å². The van der Waals surface area contributed by atoms with Crippen LogP contribution in [0.2, 0.25) is 0 Å². The fraction of sp³-hybridized carbons (Fsp3) is 0.864. The van der Waals surface area contributed by atoms with Gasteiger partial charge in [-0.25, -0.2) is 13.4 Å². The Balaban J connectivity index is 1.63. The molecule has 2 heterocycles. The second-order valence-electron chi connectivity index (χ2n) is 9.23. The van der Waals surface area contributed by atoms with E-state index in [4.69, 9.17) is 0 Å². The van der Waals surface area contributed by atoms with E-state index in [1.54, 1.807) is 6.20 Å². The van der Waals surface area contributed by atoms with Crippen molar-refractivity contribution in [3.05, 3.63) is 11.9 Å². The molecule has 1 aromatic rings. The molecule has 29 heavy (non-hydrogen) atoms. The molecule has 1 aromatic heterocycles. The predicted octanol–water partition coefficient (Wildman–Crippen LogP) is 3.56. The number of rotatable bonds is 12. The van der Waals surface area contributed by atoms with Gasteiger partial charge in [0.15, 0.2) is 0 Å². The Labute approximate surface area is 177 Å². The Kier molecular flexibility index (Phi) is 8.16. The molecule has 166 valence electrons. The molecule has 0 amide bonds. The first-order chi connectivity index (χ1) is 13.9. The maximum Gasteiger partial charge on any atom is 0.227 e. The number of hydrogen-bond donors (Lipinski definition) is 0. The predicted molar refractivity (Wildman–Crippen MR) is 118 cm³/mol. The molecule has 1 saturated carbocycles. The number of hydrogen-bond acceptors (Lipinski definition) is 5. The van der Waals surface area contributed by atoms with Crippen LogP contribution in [0.4, 0.5) is 0 Å². The van der Waals surface area contributed by atoms with E-state index in [1.807, 2.05) is 4.57 Å². The van der Waals surface area contributed by atoms with Crippen molar-refractivity contribution in [2.75, 3.05) is 32.4 Å². The summed E-state index contributed by atoms with van der Waals surface area (Å²) in [5, 5.41) is 0.298. The molecule has 6 nitrogen and oxygen atoms in total. The molecule has 2 fully saturated rings. The molecule has 2 aliphatic rings. The summed E-state index contributed by atoms with van der Waals surface area (Å²) < 4.78 is 27.9. The van der Waals surface area contributed by atoms with Crippen LogP contribution in [0.15, 0.2) is 11.4 Å². The lowest BCUT2D eigenvalue weighted by Crippen LogP contribution is -2.33. The lowest BCUT2D eigenvalue weighted by molar-refractivity contribution is 0.213. The summed E-state index contributed by atoms with van der Waals surface area (Å²) in [6, 6.07) is 0.614. The van der Waals surface area contributed by atoms with Crippen LogP contribution in [0.3, 0.4) is 0 Å². The minimum Gasteiger partial charge on any atom is -0.318 e. The molecule has 1 atom stereocenters. The van der Waals surface area contributed by atoms with Gasteiger partial charge in [-0.15, -0.1) is 0 Å². The van der Waals surface area contributed by atoms with Crippen LogP contribution in [0.5, 0.6) is 0 Å². The SMILES string of the molecule is CCCCn1c(CN(C)CCC(C)N2CCCC2)cnc1S(=O)(=O)CC1CCC1. The summed E-state index contributed by atoms with van der Waals surface area (Å²) in [5.41, 5.74) is 1.03. The molecule has 1 aliphatic carbocycles. The van der Waals surface area contributed by atoms with Crippen LogP contribution >= 0.6 is 0 Å². The number of nitrogens with zero attached hydrogens (tertiary/aromatic N) is 4. The zero-order valence-corrected chi connectivity index (χ0v) is 19.5. The van der Waals surface area contributed by atoms with Crippen molar-refractivity contribution < 1.29 is 8.42 Å². The Morgan fingerprint density at radius 3 is 2.59 bits per heavy atom. The van der Waals surface area contributed by atoms with Crippen molar-refractivity contribution in [1.29, 1.82) is 0 Å². The first-order valence-electron chi connectivity index (χ1n) is 11.6. The second kappa shape index (κ2) is 10.4. The van der Waals surface area contributed by atoms with Gasteiger partial charge in [0.25, 0.3) is 0 Å². The van der Waals surface area contributed by atoms with Gasteiger partial charge in [-0.2, -0.15) is 0 Å². The number of imidazole rings is 1. The van der Waals surface area contributed by atoms with Crippen LogP contribution in [0.1, 0.15) is 70.9 Å². The van der Waals surface area contributed by atoms with E-state index in [-0.39, 0.29) is 5.75 Å². The number of unbranched alkanes of at least 4 members (excludes halogenated alkanes) is 1. The van der Waals surface area contributed by atoms with Gasteiger partial charge < -0.3 is 14.4 Å². The van der Waals surface area contributed by atoms with Crippen LogP contribution < -0.4 is 0 Å². The summed E-state index contributed by atoms with van der Waals surface area (Å²) in [6.45, 7) is 9.45. The van der Waals surface area contributed by atoms with Crippen LogP contribution in [0.25, 0.3) is 0 Å². The summed E-state index contributed by atoms with van der Waals surface area (Å²) in [7, 11) is -1.17. The third-order valence-corrected chi connectivity index (χ3v) is 8.51. The van der Waals surface area contributed by atoms with Crippen molar-refractivity contribution in [1.82, 2.24) is 19.4 Å². The van der Waals surface area contributed by atoms with Crippen molar-refractivity contribution in [2.24, 2.45) is 5.92 Å².